The number of hydrogen-bond acceptors (Lipinski definition) is 3. The third kappa shape index (κ3) is 2.58. The lowest BCUT2D eigenvalue weighted by Crippen LogP contribution is -2.03. The Hall–Kier alpha value is -1.87. The monoisotopic (exact) mass is 214 g/mol. The summed E-state index contributed by atoms with van der Waals surface area (Å²) in [5.74, 6) is 1.70. The molecule has 0 saturated heterocycles. The predicted octanol–water partition coefficient (Wildman–Crippen LogP) is 2.57. The first kappa shape index (κ1) is 10.6. The first-order valence-corrected chi connectivity index (χ1v) is 5.21. The van der Waals surface area contributed by atoms with Gasteiger partial charge in [-0.25, -0.2) is 0 Å². The standard InChI is InChI=1S/C13H14N2O/c1-14-8-3-5-12-6-7-13(16-12)11-4-2-9-15-10-11/h2-7,9-10,14H,8H2,1H3. The van der Waals surface area contributed by atoms with Crippen molar-refractivity contribution < 1.29 is 4.42 Å². The molecule has 0 bridgehead atoms. The third-order valence-electron chi connectivity index (χ3n) is 2.18. The minimum absolute atomic E-state index is 0.836. The lowest BCUT2D eigenvalue weighted by molar-refractivity contribution is 0.571. The van der Waals surface area contributed by atoms with Gasteiger partial charge >= 0.3 is 0 Å². The Kier molecular flexibility index (Phi) is 3.51. The second kappa shape index (κ2) is 5.28. The van der Waals surface area contributed by atoms with E-state index in [-0.39, 0.29) is 0 Å². The maximum absolute atomic E-state index is 5.66. The lowest BCUT2D eigenvalue weighted by Gasteiger charge is -1.94. The number of rotatable bonds is 4. The molecular formula is C13H14N2O. The van der Waals surface area contributed by atoms with Crippen molar-refractivity contribution >= 4 is 6.08 Å². The van der Waals surface area contributed by atoms with Crippen molar-refractivity contribution in [1.29, 1.82) is 0 Å². The quantitative estimate of drug-likeness (QED) is 0.850. The number of furan rings is 1. The van der Waals surface area contributed by atoms with Crippen LogP contribution in [-0.4, -0.2) is 18.6 Å². The van der Waals surface area contributed by atoms with Crippen LogP contribution in [0, 0.1) is 0 Å². The van der Waals surface area contributed by atoms with E-state index < -0.39 is 0 Å². The zero-order valence-corrected chi connectivity index (χ0v) is 9.18. The van der Waals surface area contributed by atoms with E-state index in [4.69, 9.17) is 4.42 Å². The van der Waals surface area contributed by atoms with Gasteiger partial charge < -0.3 is 9.73 Å². The zero-order chi connectivity index (χ0) is 11.2. The van der Waals surface area contributed by atoms with E-state index in [9.17, 15) is 0 Å². The van der Waals surface area contributed by atoms with Crippen LogP contribution in [0.3, 0.4) is 0 Å². The van der Waals surface area contributed by atoms with Gasteiger partial charge in [-0.15, -0.1) is 0 Å². The first-order valence-electron chi connectivity index (χ1n) is 5.21. The van der Waals surface area contributed by atoms with Gasteiger partial charge in [-0.2, -0.15) is 0 Å². The fourth-order valence-corrected chi connectivity index (χ4v) is 1.40. The summed E-state index contributed by atoms with van der Waals surface area (Å²) in [6.07, 6.45) is 7.52. The third-order valence-corrected chi connectivity index (χ3v) is 2.18. The van der Waals surface area contributed by atoms with Crippen molar-refractivity contribution in [2.45, 2.75) is 0 Å². The van der Waals surface area contributed by atoms with Gasteiger partial charge in [0.15, 0.2) is 0 Å². The highest BCUT2D eigenvalue weighted by molar-refractivity contribution is 5.58. The summed E-state index contributed by atoms with van der Waals surface area (Å²) in [5, 5.41) is 3.04. The molecule has 0 spiro atoms. The van der Waals surface area contributed by atoms with Crippen LogP contribution >= 0.6 is 0 Å². The topological polar surface area (TPSA) is 38.1 Å². The van der Waals surface area contributed by atoms with Crippen LogP contribution in [0.25, 0.3) is 17.4 Å². The Morgan fingerprint density at radius 1 is 1.38 bits per heavy atom. The molecule has 2 rings (SSSR count). The minimum Gasteiger partial charge on any atom is -0.457 e. The molecule has 3 heteroatoms. The number of nitrogens with one attached hydrogen (secondary N) is 1. The number of pyridine rings is 1. The van der Waals surface area contributed by atoms with E-state index in [0.717, 1.165) is 23.6 Å². The maximum Gasteiger partial charge on any atom is 0.136 e. The van der Waals surface area contributed by atoms with Crippen LogP contribution < -0.4 is 5.32 Å². The summed E-state index contributed by atoms with van der Waals surface area (Å²) >= 11 is 0. The Bertz CT molecular complexity index is 460. The predicted molar refractivity (Wildman–Crippen MR) is 64.9 cm³/mol. The summed E-state index contributed by atoms with van der Waals surface area (Å²) in [7, 11) is 1.91. The molecule has 0 amide bonds. The minimum atomic E-state index is 0.836. The summed E-state index contributed by atoms with van der Waals surface area (Å²) in [6.45, 7) is 0.836. The van der Waals surface area contributed by atoms with Crippen LogP contribution in [-0.2, 0) is 0 Å². The SMILES string of the molecule is CNCC=Cc1ccc(-c2cccnc2)o1. The second-order valence-electron chi connectivity index (χ2n) is 3.40. The van der Waals surface area contributed by atoms with Gasteiger partial charge in [0.2, 0.25) is 0 Å². The van der Waals surface area contributed by atoms with Gasteiger partial charge in [0.05, 0.1) is 0 Å². The van der Waals surface area contributed by atoms with Gasteiger partial charge in [0.1, 0.15) is 11.5 Å². The van der Waals surface area contributed by atoms with E-state index >= 15 is 0 Å². The molecule has 0 radical (unpaired) electrons. The van der Waals surface area contributed by atoms with Gasteiger partial charge in [0.25, 0.3) is 0 Å². The van der Waals surface area contributed by atoms with Crippen molar-refractivity contribution in [2.24, 2.45) is 0 Å². The van der Waals surface area contributed by atoms with E-state index in [1.165, 1.54) is 0 Å². The van der Waals surface area contributed by atoms with Crippen LogP contribution in [0.1, 0.15) is 5.76 Å². The fourth-order valence-electron chi connectivity index (χ4n) is 1.40. The van der Waals surface area contributed by atoms with Crippen molar-refractivity contribution in [1.82, 2.24) is 10.3 Å². The van der Waals surface area contributed by atoms with E-state index in [2.05, 4.69) is 10.3 Å². The summed E-state index contributed by atoms with van der Waals surface area (Å²) in [6, 6.07) is 7.78. The molecule has 0 aliphatic rings. The largest absolute Gasteiger partial charge is 0.457 e. The Balaban J connectivity index is 2.14. The molecule has 0 aliphatic carbocycles. The van der Waals surface area contributed by atoms with Crippen LogP contribution in [0.5, 0.6) is 0 Å². The zero-order valence-electron chi connectivity index (χ0n) is 9.18. The number of hydrogen-bond donors (Lipinski definition) is 1. The van der Waals surface area contributed by atoms with Gasteiger partial charge in [-0.1, -0.05) is 6.08 Å². The molecule has 2 aromatic heterocycles. The normalized spacial score (nSPS) is 11.1. The van der Waals surface area contributed by atoms with Gasteiger partial charge in [-0.05, 0) is 37.4 Å². The van der Waals surface area contributed by atoms with E-state index in [0.29, 0.717) is 0 Å². The Labute approximate surface area is 94.8 Å². The van der Waals surface area contributed by atoms with Crippen LogP contribution in [0.15, 0.2) is 47.2 Å². The van der Waals surface area contributed by atoms with E-state index in [1.54, 1.807) is 12.4 Å². The van der Waals surface area contributed by atoms with Crippen LogP contribution in [0.4, 0.5) is 0 Å². The van der Waals surface area contributed by atoms with Gasteiger partial charge in [-0.3, -0.25) is 4.98 Å². The molecule has 0 fully saturated rings. The lowest BCUT2D eigenvalue weighted by atomic mass is 10.2. The Morgan fingerprint density at radius 3 is 3.06 bits per heavy atom. The van der Waals surface area contributed by atoms with Crippen molar-refractivity contribution in [3.05, 3.63) is 48.5 Å². The average Bonchev–Trinajstić information content (AvgIpc) is 2.79. The molecule has 0 aromatic carbocycles. The molecular weight excluding hydrogens is 200 g/mol. The fraction of sp³-hybridized carbons (Fsp3) is 0.154. The molecule has 0 atom stereocenters. The highest BCUT2D eigenvalue weighted by atomic mass is 16.3. The van der Waals surface area contributed by atoms with Crippen molar-refractivity contribution in [2.75, 3.05) is 13.6 Å². The molecule has 2 heterocycles. The highest BCUT2D eigenvalue weighted by Crippen LogP contribution is 2.21. The molecule has 2 aromatic rings. The molecule has 1 N–H and O–H groups in total. The smallest absolute Gasteiger partial charge is 0.136 e. The molecule has 16 heavy (non-hydrogen) atoms. The highest BCUT2D eigenvalue weighted by Gasteiger charge is 2.01. The Morgan fingerprint density at radius 2 is 2.31 bits per heavy atom. The molecule has 3 nitrogen and oxygen atoms in total. The van der Waals surface area contributed by atoms with Crippen LogP contribution in [0.2, 0.25) is 0 Å². The molecule has 82 valence electrons. The molecule has 0 aliphatic heterocycles. The number of aromatic nitrogens is 1. The molecule has 0 unspecified atom stereocenters. The first-order chi connectivity index (χ1) is 7.90. The second-order valence-corrected chi connectivity index (χ2v) is 3.40. The molecule has 0 saturated carbocycles. The van der Waals surface area contributed by atoms with E-state index in [1.807, 2.05) is 43.5 Å². The van der Waals surface area contributed by atoms with Crippen molar-refractivity contribution in [3.8, 4) is 11.3 Å². The number of nitrogens with zero attached hydrogens (tertiary/aromatic N) is 1. The number of likely N-dealkylation sites (N-methyl/N-ethyl adjacent to an activating group) is 1. The summed E-state index contributed by atoms with van der Waals surface area (Å²) < 4.78 is 5.66. The van der Waals surface area contributed by atoms with Crippen molar-refractivity contribution in [3.63, 3.8) is 0 Å². The summed E-state index contributed by atoms with van der Waals surface area (Å²) in [4.78, 5) is 4.06. The maximum atomic E-state index is 5.66. The average molecular weight is 214 g/mol. The van der Waals surface area contributed by atoms with Gasteiger partial charge in [0, 0.05) is 24.5 Å². The summed E-state index contributed by atoms with van der Waals surface area (Å²) in [5.41, 5.74) is 0.996.